The third kappa shape index (κ3) is 1.96. The summed E-state index contributed by atoms with van der Waals surface area (Å²) in [6, 6.07) is 6.23. The molecule has 6 nitrogen and oxygen atoms in total. The number of ketones is 1. The van der Waals surface area contributed by atoms with E-state index in [1.54, 1.807) is 19.1 Å². The van der Waals surface area contributed by atoms with E-state index in [1.165, 1.54) is 12.1 Å². The van der Waals surface area contributed by atoms with Gasteiger partial charge in [-0.15, -0.1) is 10.2 Å². The predicted octanol–water partition coefficient (Wildman–Crippen LogP) is 2.63. The topological polar surface area (TPSA) is 93.3 Å². The van der Waals surface area contributed by atoms with Gasteiger partial charge >= 0.3 is 5.97 Å². The summed E-state index contributed by atoms with van der Waals surface area (Å²) >= 11 is 0. The minimum Gasteiger partial charge on any atom is -0.478 e. The Morgan fingerprint density at radius 3 is 2.58 bits per heavy atom. The Balaban J connectivity index is 1.68. The van der Waals surface area contributed by atoms with E-state index < -0.39 is 11.4 Å². The molecule has 120 valence electrons. The zero-order valence-electron chi connectivity index (χ0n) is 12.8. The highest BCUT2D eigenvalue weighted by molar-refractivity contribution is 5.88. The fraction of sp³-hybridized carbons (Fsp3) is 0.222. The molecule has 1 heterocycles. The maximum absolute atomic E-state index is 11.9. The molecule has 2 aliphatic carbocycles. The lowest BCUT2D eigenvalue weighted by Gasteiger charge is -2.08. The fourth-order valence-corrected chi connectivity index (χ4v) is 3.53. The van der Waals surface area contributed by atoms with Crippen molar-refractivity contribution in [3.05, 3.63) is 60.0 Å². The van der Waals surface area contributed by atoms with Gasteiger partial charge in [-0.25, -0.2) is 4.79 Å². The van der Waals surface area contributed by atoms with Gasteiger partial charge in [0.05, 0.1) is 11.0 Å². The standard InChI is InChI=1S/C18H14N2O4/c1-10(21)14-13-4-2-3-9-18(13,14)17-20-19-15(24-17)11-5-7-12(8-6-11)16(22)23/h2-9,13-14H,1H3,(H,22,23)/t13?,14-,18?/m1/s1. The van der Waals surface area contributed by atoms with Crippen LogP contribution in [0.3, 0.4) is 0 Å². The highest BCUT2D eigenvalue weighted by Gasteiger charge is 2.68. The zero-order chi connectivity index (χ0) is 16.9. The number of aromatic nitrogens is 2. The van der Waals surface area contributed by atoms with Crippen LogP contribution in [0.4, 0.5) is 0 Å². The lowest BCUT2D eigenvalue weighted by Crippen LogP contribution is -2.12. The Morgan fingerprint density at radius 2 is 1.92 bits per heavy atom. The minimum absolute atomic E-state index is 0.0580. The van der Waals surface area contributed by atoms with Gasteiger partial charge in [-0.2, -0.15) is 0 Å². The summed E-state index contributed by atoms with van der Waals surface area (Å²) in [5.41, 5.74) is 0.297. The SMILES string of the molecule is CC(=O)[C@@H]1C2C=CC=CC21c1nnc(-c2ccc(C(=O)O)cc2)o1. The lowest BCUT2D eigenvalue weighted by molar-refractivity contribution is -0.118. The fourth-order valence-electron chi connectivity index (χ4n) is 3.53. The number of carbonyl (C=O) groups excluding carboxylic acids is 1. The number of benzene rings is 1. The van der Waals surface area contributed by atoms with E-state index in [1.807, 2.05) is 24.3 Å². The van der Waals surface area contributed by atoms with Gasteiger partial charge in [0.1, 0.15) is 5.78 Å². The summed E-state index contributed by atoms with van der Waals surface area (Å²) in [7, 11) is 0. The first kappa shape index (κ1) is 14.6. The largest absolute Gasteiger partial charge is 0.478 e. The number of hydrogen-bond donors (Lipinski definition) is 1. The first-order chi connectivity index (χ1) is 11.5. The van der Waals surface area contributed by atoms with Crippen LogP contribution in [0.1, 0.15) is 23.2 Å². The first-order valence-corrected chi connectivity index (χ1v) is 7.58. The van der Waals surface area contributed by atoms with Gasteiger partial charge in [0.2, 0.25) is 11.8 Å². The molecule has 2 aromatic rings. The van der Waals surface area contributed by atoms with Crippen LogP contribution in [0.15, 0.2) is 53.0 Å². The second-order valence-electron chi connectivity index (χ2n) is 6.09. The van der Waals surface area contributed by atoms with Crippen molar-refractivity contribution in [2.45, 2.75) is 12.3 Å². The van der Waals surface area contributed by atoms with Gasteiger partial charge in [0.25, 0.3) is 0 Å². The van der Waals surface area contributed by atoms with Crippen LogP contribution in [0, 0.1) is 11.8 Å². The number of fused-ring (bicyclic) bond motifs is 1. The number of allylic oxidation sites excluding steroid dienone is 4. The number of Topliss-reactive ketones (excluding diaryl/α,β-unsaturated/α-hetero) is 1. The van der Waals surface area contributed by atoms with Gasteiger partial charge in [0.15, 0.2) is 0 Å². The summed E-state index contributed by atoms with van der Waals surface area (Å²) in [5, 5.41) is 17.2. The molecule has 0 aliphatic heterocycles. The van der Waals surface area contributed by atoms with Crippen LogP contribution in [-0.2, 0) is 10.2 Å². The van der Waals surface area contributed by atoms with Crippen molar-refractivity contribution >= 4 is 11.8 Å². The zero-order valence-corrected chi connectivity index (χ0v) is 12.8. The molecule has 3 atom stereocenters. The van der Waals surface area contributed by atoms with Crippen molar-refractivity contribution in [3.8, 4) is 11.5 Å². The molecule has 0 amide bonds. The van der Waals surface area contributed by atoms with E-state index >= 15 is 0 Å². The Hall–Kier alpha value is -3.02. The van der Waals surface area contributed by atoms with Crippen molar-refractivity contribution in [1.29, 1.82) is 0 Å². The van der Waals surface area contributed by atoms with Crippen LogP contribution < -0.4 is 0 Å². The second kappa shape index (κ2) is 4.99. The summed E-state index contributed by atoms with van der Waals surface area (Å²) < 4.78 is 5.83. The summed E-state index contributed by atoms with van der Waals surface area (Å²) in [4.78, 5) is 22.8. The first-order valence-electron chi connectivity index (χ1n) is 7.58. The highest BCUT2D eigenvalue weighted by Crippen LogP contribution is 2.63. The predicted molar refractivity (Wildman–Crippen MR) is 84.3 cm³/mol. The molecule has 4 rings (SSSR count). The maximum atomic E-state index is 11.9. The number of nitrogens with zero attached hydrogens (tertiary/aromatic N) is 2. The molecule has 2 unspecified atom stereocenters. The molecular formula is C18H14N2O4. The van der Waals surface area contributed by atoms with Crippen LogP contribution in [-0.4, -0.2) is 27.1 Å². The molecule has 1 aromatic heterocycles. The van der Waals surface area contributed by atoms with E-state index in [4.69, 9.17) is 9.52 Å². The summed E-state index contributed by atoms with van der Waals surface area (Å²) in [6.07, 6.45) is 7.77. The number of carboxylic acids is 1. The Morgan fingerprint density at radius 1 is 1.17 bits per heavy atom. The molecule has 24 heavy (non-hydrogen) atoms. The van der Waals surface area contributed by atoms with Gasteiger partial charge in [-0.3, -0.25) is 4.79 Å². The van der Waals surface area contributed by atoms with Crippen molar-refractivity contribution in [3.63, 3.8) is 0 Å². The van der Waals surface area contributed by atoms with Crippen LogP contribution in [0.5, 0.6) is 0 Å². The van der Waals surface area contributed by atoms with Crippen molar-refractivity contribution in [1.82, 2.24) is 10.2 Å². The normalized spacial score (nSPS) is 26.9. The molecule has 0 spiro atoms. The van der Waals surface area contributed by atoms with E-state index in [9.17, 15) is 9.59 Å². The van der Waals surface area contributed by atoms with Gasteiger partial charge in [0, 0.05) is 17.4 Å². The number of aromatic carboxylic acids is 1. The lowest BCUT2D eigenvalue weighted by atomic mass is 9.97. The molecule has 2 aliphatic rings. The monoisotopic (exact) mass is 322 g/mol. The van der Waals surface area contributed by atoms with Crippen LogP contribution in [0.25, 0.3) is 11.5 Å². The number of hydrogen-bond acceptors (Lipinski definition) is 5. The average molecular weight is 322 g/mol. The van der Waals surface area contributed by atoms with Crippen molar-refractivity contribution in [2.75, 3.05) is 0 Å². The Kier molecular flexibility index (Phi) is 3.03. The summed E-state index contributed by atoms with van der Waals surface area (Å²) in [5.74, 6) is -0.270. The number of rotatable bonds is 4. The molecular weight excluding hydrogens is 308 g/mol. The molecule has 1 saturated carbocycles. The maximum Gasteiger partial charge on any atom is 0.335 e. The van der Waals surface area contributed by atoms with Crippen LogP contribution in [0.2, 0.25) is 0 Å². The Bertz CT molecular complexity index is 894. The van der Waals surface area contributed by atoms with E-state index in [-0.39, 0.29) is 23.2 Å². The molecule has 1 N–H and O–H groups in total. The van der Waals surface area contributed by atoms with Gasteiger partial charge in [-0.1, -0.05) is 24.3 Å². The number of carbonyl (C=O) groups is 2. The van der Waals surface area contributed by atoms with Crippen molar-refractivity contribution < 1.29 is 19.1 Å². The quantitative estimate of drug-likeness (QED) is 0.930. The summed E-state index contributed by atoms with van der Waals surface area (Å²) in [6.45, 7) is 1.58. The second-order valence-corrected chi connectivity index (χ2v) is 6.09. The average Bonchev–Trinajstić information content (AvgIpc) is 3.02. The molecule has 1 aromatic carbocycles. The van der Waals surface area contributed by atoms with Crippen LogP contribution >= 0.6 is 0 Å². The molecule has 6 heteroatoms. The molecule has 0 radical (unpaired) electrons. The van der Waals surface area contributed by atoms with Crippen molar-refractivity contribution in [2.24, 2.45) is 11.8 Å². The highest BCUT2D eigenvalue weighted by atomic mass is 16.4. The third-order valence-electron chi connectivity index (χ3n) is 4.73. The van der Waals surface area contributed by atoms with E-state index in [0.717, 1.165) is 0 Å². The number of carboxylic acid groups (broad SMARTS) is 1. The third-order valence-corrected chi connectivity index (χ3v) is 4.73. The Labute approximate surface area is 137 Å². The smallest absolute Gasteiger partial charge is 0.335 e. The van der Waals surface area contributed by atoms with Gasteiger partial charge < -0.3 is 9.52 Å². The van der Waals surface area contributed by atoms with E-state index in [0.29, 0.717) is 17.3 Å². The molecule has 1 fully saturated rings. The van der Waals surface area contributed by atoms with E-state index in [2.05, 4.69) is 10.2 Å². The van der Waals surface area contributed by atoms with Gasteiger partial charge in [-0.05, 0) is 31.2 Å². The minimum atomic E-state index is -0.990. The molecule has 0 saturated heterocycles. The molecule has 0 bridgehead atoms.